The zero-order valence-electron chi connectivity index (χ0n) is 6.15. The Bertz CT molecular complexity index is 172. The van der Waals surface area contributed by atoms with Gasteiger partial charge < -0.3 is 4.90 Å². The van der Waals surface area contributed by atoms with Gasteiger partial charge in [0.05, 0.1) is 0 Å². The normalized spacial score (nSPS) is 8.20. The van der Waals surface area contributed by atoms with Crippen molar-refractivity contribution in [2.24, 2.45) is 0 Å². The Morgan fingerprint density at radius 3 is 1.80 bits per heavy atom. The minimum Gasteiger partial charge on any atom is -0.378 e. The molecule has 0 fully saturated rings. The Morgan fingerprint density at radius 1 is 1.00 bits per heavy atom. The van der Waals surface area contributed by atoms with Crippen LogP contribution in [0.15, 0.2) is 30.3 Å². The molecule has 0 aliphatic carbocycles. The minimum atomic E-state index is 0. The van der Waals surface area contributed by atoms with E-state index in [-0.39, 0.29) is 16.5 Å². The average Bonchev–Trinajstić information content (AvgIpc) is 1.90. The molecule has 2 heteroatoms. The zero-order chi connectivity index (χ0) is 6.69. The van der Waals surface area contributed by atoms with Crippen molar-refractivity contribution < 1.29 is 16.5 Å². The van der Waals surface area contributed by atoms with Crippen LogP contribution in [0, 0.1) is 0 Å². The summed E-state index contributed by atoms with van der Waals surface area (Å²) in [4.78, 5) is 2.08. The van der Waals surface area contributed by atoms with E-state index >= 15 is 0 Å². The van der Waals surface area contributed by atoms with Crippen LogP contribution in [-0.4, -0.2) is 14.1 Å². The quantitative estimate of drug-likeness (QED) is 0.595. The van der Waals surface area contributed by atoms with Gasteiger partial charge in [-0.2, -0.15) is 0 Å². The van der Waals surface area contributed by atoms with Crippen LogP contribution in [0.1, 0.15) is 0 Å². The molecular formula is C8H11NNi. The van der Waals surface area contributed by atoms with Gasteiger partial charge in [-0.3, -0.25) is 0 Å². The molecule has 1 nitrogen and oxygen atoms in total. The number of rotatable bonds is 1. The third-order valence-electron chi connectivity index (χ3n) is 1.27. The second kappa shape index (κ2) is 4.35. The van der Waals surface area contributed by atoms with E-state index in [1.165, 1.54) is 5.69 Å². The van der Waals surface area contributed by atoms with Crippen molar-refractivity contribution in [3.63, 3.8) is 0 Å². The maximum atomic E-state index is 2.08. The summed E-state index contributed by atoms with van der Waals surface area (Å²) < 4.78 is 0. The molecular weight excluding hydrogens is 169 g/mol. The van der Waals surface area contributed by atoms with Crippen LogP contribution < -0.4 is 4.90 Å². The Hall–Kier alpha value is -0.486. The molecule has 0 atom stereocenters. The minimum absolute atomic E-state index is 0. The molecule has 0 saturated heterocycles. The summed E-state index contributed by atoms with van der Waals surface area (Å²) in [7, 11) is 4.07. The van der Waals surface area contributed by atoms with E-state index in [4.69, 9.17) is 0 Å². The van der Waals surface area contributed by atoms with Gasteiger partial charge in [0, 0.05) is 36.3 Å². The third-order valence-corrected chi connectivity index (χ3v) is 1.27. The van der Waals surface area contributed by atoms with Gasteiger partial charge in [-0.25, -0.2) is 0 Å². The first kappa shape index (κ1) is 9.51. The van der Waals surface area contributed by atoms with Crippen molar-refractivity contribution in [1.82, 2.24) is 0 Å². The second-order valence-electron chi connectivity index (χ2n) is 2.23. The van der Waals surface area contributed by atoms with Crippen LogP contribution in [0.5, 0.6) is 0 Å². The molecule has 0 radical (unpaired) electrons. The van der Waals surface area contributed by atoms with Crippen LogP contribution in [0.4, 0.5) is 5.69 Å². The number of hydrogen-bond acceptors (Lipinski definition) is 1. The zero-order valence-corrected chi connectivity index (χ0v) is 7.14. The molecule has 0 aliphatic rings. The van der Waals surface area contributed by atoms with Crippen molar-refractivity contribution in [2.45, 2.75) is 0 Å². The van der Waals surface area contributed by atoms with Crippen molar-refractivity contribution in [1.29, 1.82) is 0 Å². The number of para-hydroxylation sites is 1. The Balaban J connectivity index is 0.000000810. The predicted molar refractivity (Wildman–Crippen MR) is 40.8 cm³/mol. The molecule has 1 aromatic rings. The maximum absolute atomic E-state index is 2.08. The SMILES string of the molecule is CN(C)c1ccccc1.[Ni]. The topological polar surface area (TPSA) is 3.24 Å². The smallest absolute Gasteiger partial charge is 0.0360 e. The average molecular weight is 180 g/mol. The first-order valence-electron chi connectivity index (χ1n) is 3.03. The fourth-order valence-electron chi connectivity index (χ4n) is 0.726. The number of benzene rings is 1. The van der Waals surface area contributed by atoms with Gasteiger partial charge in [0.1, 0.15) is 0 Å². The van der Waals surface area contributed by atoms with Crippen LogP contribution in [0.25, 0.3) is 0 Å². The molecule has 0 N–H and O–H groups in total. The summed E-state index contributed by atoms with van der Waals surface area (Å²) >= 11 is 0. The molecule has 0 heterocycles. The van der Waals surface area contributed by atoms with Gasteiger partial charge in [-0.15, -0.1) is 0 Å². The summed E-state index contributed by atoms with van der Waals surface area (Å²) in [5.74, 6) is 0. The van der Waals surface area contributed by atoms with Crippen molar-refractivity contribution in [3.05, 3.63) is 30.3 Å². The first-order valence-corrected chi connectivity index (χ1v) is 3.03. The number of hydrogen-bond donors (Lipinski definition) is 0. The van der Waals surface area contributed by atoms with Crippen LogP contribution >= 0.6 is 0 Å². The molecule has 0 aliphatic heterocycles. The molecule has 58 valence electrons. The Kier molecular flexibility index (Phi) is 4.14. The summed E-state index contributed by atoms with van der Waals surface area (Å²) in [6.45, 7) is 0. The summed E-state index contributed by atoms with van der Waals surface area (Å²) in [5.41, 5.74) is 1.25. The van der Waals surface area contributed by atoms with Gasteiger partial charge in [0.25, 0.3) is 0 Å². The summed E-state index contributed by atoms with van der Waals surface area (Å²) in [5, 5.41) is 0. The number of anilines is 1. The van der Waals surface area contributed by atoms with E-state index in [9.17, 15) is 0 Å². The fourth-order valence-corrected chi connectivity index (χ4v) is 0.726. The van der Waals surface area contributed by atoms with Gasteiger partial charge in [0.15, 0.2) is 0 Å². The van der Waals surface area contributed by atoms with Gasteiger partial charge in [-0.1, -0.05) is 18.2 Å². The van der Waals surface area contributed by atoms with E-state index in [1.807, 2.05) is 32.3 Å². The standard InChI is InChI=1S/C8H11N.Ni/c1-9(2)8-6-4-3-5-7-8;/h3-7H,1-2H3;. The van der Waals surface area contributed by atoms with Crippen LogP contribution in [0.2, 0.25) is 0 Å². The summed E-state index contributed by atoms with van der Waals surface area (Å²) in [6.07, 6.45) is 0. The van der Waals surface area contributed by atoms with Crippen molar-refractivity contribution >= 4 is 5.69 Å². The van der Waals surface area contributed by atoms with Crippen molar-refractivity contribution in [3.8, 4) is 0 Å². The molecule has 1 rings (SSSR count). The molecule has 1 aromatic carbocycles. The second-order valence-corrected chi connectivity index (χ2v) is 2.23. The molecule has 0 aromatic heterocycles. The molecule has 0 unspecified atom stereocenters. The van der Waals surface area contributed by atoms with E-state index in [2.05, 4.69) is 17.0 Å². The molecule has 0 spiro atoms. The van der Waals surface area contributed by atoms with Crippen molar-refractivity contribution in [2.75, 3.05) is 19.0 Å². The van der Waals surface area contributed by atoms with Gasteiger partial charge in [-0.05, 0) is 12.1 Å². The van der Waals surface area contributed by atoms with Gasteiger partial charge >= 0.3 is 0 Å². The van der Waals surface area contributed by atoms with E-state index < -0.39 is 0 Å². The Morgan fingerprint density at radius 2 is 1.50 bits per heavy atom. The number of nitrogens with zero attached hydrogens (tertiary/aromatic N) is 1. The fraction of sp³-hybridized carbons (Fsp3) is 0.250. The largest absolute Gasteiger partial charge is 0.378 e. The monoisotopic (exact) mass is 179 g/mol. The molecule has 10 heavy (non-hydrogen) atoms. The maximum Gasteiger partial charge on any atom is 0.0360 e. The Labute approximate surface area is 72.0 Å². The predicted octanol–water partition coefficient (Wildman–Crippen LogP) is 1.75. The van der Waals surface area contributed by atoms with Gasteiger partial charge in [0.2, 0.25) is 0 Å². The van der Waals surface area contributed by atoms with Crippen LogP contribution in [-0.2, 0) is 16.5 Å². The van der Waals surface area contributed by atoms with E-state index in [0.717, 1.165) is 0 Å². The van der Waals surface area contributed by atoms with Crippen LogP contribution in [0.3, 0.4) is 0 Å². The molecule has 0 saturated carbocycles. The molecule has 0 amide bonds. The van der Waals surface area contributed by atoms with E-state index in [0.29, 0.717) is 0 Å². The van der Waals surface area contributed by atoms with E-state index in [1.54, 1.807) is 0 Å². The molecule has 0 bridgehead atoms. The first-order chi connectivity index (χ1) is 4.30. The third kappa shape index (κ3) is 2.40. The summed E-state index contributed by atoms with van der Waals surface area (Å²) in [6, 6.07) is 10.3.